The van der Waals surface area contributed by atoms with Crippen molar-refractivity contribution < 1.29 is 8.42 Å². The third-order valence-corrected chi connectivity index (χ3v) is 3.66. The maximum atomic E-state index is 11.8. The zero-order chi connectivity index (χ0) is 12.2. The largest absolute Gasteiger partial charge is 0.397 e. The van der Waals surface area contributed by atoms with Gasteiger partial charge in [-0.25, -0.2) is 0 Å². The van der Waals surface area contributed by atoms with Crippen LogP contribution < -0.4 is 14.8 Å². The molecule has 90 valence electrons. The summed E-state index contributed by atoms with van der Waals surface area (Å²) in [6, 6.07) is 6.85. The van der Waals surface area contributed by atoms with Crippen molar-refractivity contribution in [2.24, 2.45) is 0 Å². The lowest BCUT2D eigenvalue weighted by Crippen LogP contribution is -2.38. The summed E-state index contributed by atoms with van der Waals surface area (Å²) in [4.78, 5) is 0. The highest BCUT2D eigenvalue weighted by Gasteiger charge is 2.18. The molecule has 0 aromatic heterocycles. The number of nitrogens with two attached hydrogens (primary N) is 1. The third-order valence-electron chi connectivity index (χ3n) is 2.17. The molecular formula is C10H17N3O2S. The van der Waals surface area contributed by atoms with Crippen LogP contribution in [0.3, 0.4) is 0 Å². The van der Waals surface area contributed by atoms with Crippen LogP contribution in [0.1, 0.15) is 13.3 Å². The van der Waals surface area contributed by atoms with Crippen molar-refractivity contribution in [2.45, 2.75) is 13.3 Å². The van der Waals surface area contributed by atoms with Crippen molar-refractivity contribution in [3.63, 3.8) is 0 Å². The van der Waals surface area contributed by atoms with Gasteiger partial charge in [-0.15, -0.1) is 0 Å². The van der Waals surface area contributed by atoms with Gasteiger partial charge in [0.2, 0.25) is 0 Å². The van der Waals surface area contributed by atoms with Gasteiger partial charge in [0.05, 0.1) is 11.4 Å². The van der Waals surface area contributed by atoms with Crippen LogP contribution in [0.4, 0.5) is 11.4 Å². The summed E-state index contributed by atoms with van der Waals surface area (Å²) in [6.07, 6.45) is 0.747. The Kier molecular flexibility index (Phi) is 4.14. The molecule has 0 radical (unpaired) electrons. The molecule has 0 aliphatic carbocycles. The average molecular weight is 243 g/mol. The van der Waals surface area contributed by atoms with Crippen LogP contribution in [0.25, 0.3) is 0 Å². The Morgan fingerprint density at radius 1 is 1.38 bits per heavy atom. The molecule has 0 heterocycles. The zero-order valence-corrected chi connectivity index (χ0v) is 10.3. The molecule has 6 heteroatoms. The molecule has 0 unspecified atom stereocenters. The number of hydrogen-bond donors (Lipinski definition) is 2. The molecule has 0 atom stereocenters. The summed E-state index contributed by atoms with van der Waals surface area (Å²) in [5.41, 5.74) is 6.63. The van der Waals surface area contributed by atoms with Gasteiger partial charge in [-0.2, -0.15) is 13.1 Å². The molecular weight excluding hydrogens is 226 g/mol. The topological polar surface area (TPSA) is 75.4 Å². The summed E-state index contributed by atoms with van der Waals surface area (Å²) >= 11 is 0. The van der Waals surface area contributed by atoms with E-state index in [0.29, 0.717) is 17.9 Å². The van der Waals surface area contributed by atoms with E-state index in [9.17, 15) is 8.42 Å². The first-order valence-corrected chi connectivity index (χ1v) is 6.51. The minimum absolute atomic E-state index is 0.416. The van der Waals surface area contributed by atoms with E-state index in [4.69, 9.17) is 5.73 Å². The fourth-order valence-corrected chi connectivity index (χ4v) is 2.31. The molecule has 1 rings (SSSR count). The van der Waals surface area contributed by atoms with Crippen molar-refractivity contribution in [3.8, 4) is 0 Å². The Balaban J connectivity index is 2.94. The van der Waals surface area contributed by atoms with Gasteiger partial charge in [0.15, 0.2) is 0 Å². The summed E-state index contributed by atoms with van der Waals surface area (Å²) in [6.45, 7) is 2.32. The number of benzene rings is 1. The highest BCUT2D eigenvalue weighted by Crippen LogP contribution is 2.22. The van der Waals surface area contributed by atoms with Gasteiger partial charge in [0.1, 0.15) is 0 Å². The third kappa shape index (κ3) is 2.86. The Hall–Kier alpha value is -1.27. The second-order valence-electron chi connectivity index (χ2n) is 3.43. The molecule has 1 aromatic carbocycles. The second-order valence-corrected chi connectivity index (χ2v) is 5.21. The summed E-state index contributed by atoms with van der Waals surface area (Å²) < 4.78 is 27.2. The summed E-state index contributed by atoms with van der Waals surface area (Å²) in [5, 5.41) is 0. The molecule has 0 saturated carbocycles. The molecule has 0 amide bonds. The molecule has 0 bridgehead atoms. The summed E-state index contributed by atoms with van der Waals surface area (Å²) in [5.74, 6) is 0. The predicted molar refractivity (Wildman–Crippen MR) is 66.5 cm³/mol. The smallest absolute Gasteiger partial charge is 0.301 e. The van der Waals surface area contributed by atoms with E-state index < -0.39 is 10.2 Å². The minimum Gasteiger partial charge on any atom is -0.397 e. The molecule has 5 nitrogen and oxygen atoms in total. The quantitative estimate of drug-likeness (QED) is 0.756. The Morgan fingerprint density at radius 3 is 2.56 bits per heavy atom. The first-order valence-electron chi connectivity index (χ1n) is 5.07. The van der Waals surface area contributed by atoms with Gasteiger partial charge in [-0.3, -0.25) is 4.31 Å². The first-order chi connectivity index (χ1) is 7.49. The maximum Gasteiger partial charge on any atom is 0.301 e. The van der Waals surface area contributed by atoms with Crippen LogP contribution in [0.2, 0.25) is 0 Å². The zero-order valence-electron chi connectivity index (χ0n) is 9.47. The van der Waals surface area contributed by atoms with Gasteiger partial charge < -0.3 is 5.73 Å². The number of rotatable bonds is 5. The number of hydrogen-bond acceptors (Lipinski definition) is 3. The van der Waals surface area contributed by atoms with Crippen molar-refractivity contribution in [2.75, 3.05) is 23.6 Å². The van der Waals surface area contributed by atoms with Crippen molar-refractivity contribution in [1.29, 1.82) is 0 Å². The standard InChI is InChI=1S/C10H17N3O2S/c1-3-8-12-16(14,15)13(2)10-7-5-4-6-9(10)11/h4-7,12H,3,8,11H2,1-2H3. The Labute approximate surface area is 96.4 Å². The fraction of sp³-hybridized carbons (Fsp3) is 0.400. The van der Waals surface area contributed by atoms with E-state index in [1.807, 2.05) is 6.92 Å². The van der Waals surface area contributed by atoms with Crippen molar-refractivity contribution >= 4 is 21.6 Å². The SMILES string of the molecule is CCCNS(=O)(=O)N(C)c1ccccc1N. The van der Waals surface area contributed by atoms with Crippen LogP contribution >= 0.6 is 0 Å². The lowest BCUT2D eigenvalue weighted by Gasteiger charge is -2.20. The molecule has 0 aliphatic heterocycles. The van der Waals surface area contributed by atoms with Gasteiger partial charge in [0.25, 0.3) is 0 Å². The second kappa shape index (κ2) is 5.18. The molecule has 0 spiro atoms. The predicted octanol–water partition coefficient (Wildman–Crippen LogP) is 0.949. The van der Waals surface area contributed by atoms with Gasteiger partial charge in [-0.05, 0) is 18.6 Å². The molecule has 0 aliphatic rings. The lowest BCUT2D eigenvalue weighted by molar-refractivity contribution is 0.579. The van der Waals surface area contributed by atoms with Crippen LogP contribution in [0.5, 0.6) is 0 Å². The lowest BCUT2D eigenvalue weighted by atomic mass is 10.3. The van der Waals surface area contributed by atoms with E-state index in [1.165, 1.54) is 7.05 Å². The van der Waals surface area contributed by atoms with E-state index in [1.54, 1.807) is 24.3 Å². The van der Waals surface area contributed by atoms with Crippen LogP contribution in [-0.4, -0.2) is 22.0 Å². The number of para-hydroxylation sites is 2. The Bertz CT molecular complexity index is 445. The van der Waals surface area contributed by atoms with E-state index in [2.05, 4.69) is 4.72 Å². The van der Waals surface area contributed by atoms with Crippen LogP contribution in [0.15, 0.2) is 24.3 Å². The van der Waals surface area contributed by atoms with Crippen molar-refractivity contribution in [1.82, 2.24) is 4.72 Å². The molecule has 3 N–H and O–H groups in total. The number of anilines is 2. The van der Waals surface area contributed by atoms with Crippen LogP contribution in [0, 0.1) is 0 Å². The maximum absolute atomic E-state index is 11.8. The highest BCUT2D eigenvalue weighted by molar-refractivity contribution is 7.90. The van der Waals surface area contributed by atoms with E-state index >= 15 is 0 Å². The van der Waals surface area contributed by atoms with Gasteiger partial charge in [-0.1, -0.05) is 19.1 Å². The molecule has 0 fully saturated rings. The Morgan fingerprint density at radius 2 is 2.00 bits per heavy atom. The summed E-state index contributed by atoms with van der Waals surface area (Å²) in [7, 11) is -2.02. The first kappa shape index (κ1) is 12.8. The van der Waals surface area contributed by atoms with Crippen LogP contribution in [-0.2, 0) is 10.2 Å². The molecule has 16 heavy (non-hydrogen) atoms. The van der Waals surface area contributed by atoms with Crippen molar-refractivity contribution in [3.05, 3.63) is 24.3 Å². The monoisotopic (exact) mass is 243 g/mol. The van der Waals surface area contributed by atoms with Gasteiger partial charge in [0, 0.05) is 13.6 Å². The fourth-order valence-electron chi connectivity index (χ4n) is 1.23. The molecule has 1 aromatic rings. The normalized spacial score (nSPS) is 11.4. The number of nitrogens with zero attached hydrogens (tertiary/aromatic N) is 1. The van der Waals surface area contributed by atoms with E-state index in [-0.39, 0.29) is 0 Å². The number of nitrogen functional groups attached to an aromatic ring is 1. The minimum atomic E-state index is -3.49. The van der Waals surface area contributed by atoms with E-state index in [0.717, 1.165) is 10.7 Å². The number of nitrogens with one attached hydrogen (secondary N) is 1. The average Bonchev–Trinajstić information content (AvgIpc) is 2.26. The highest BCUT2D eigenvalue weighted by atomic mass is 32.2. The van der Waals surface area contributed by atoms with Gasteiger partial charge >= 0.3 is 10.2 Å². The molecule has 0 saturated heterocycles.